The topological polar surface area (TPSA) is 46.6 Å². The number of nitrogens with zero attached hydrogens (tertiary/aromatic N) is 1. The van der Waals surface area contributed by atoms with Crippen molar-refractivity contribution >= 4 is 23.6 Å². The molecular weight excluding hydrogens is 346 g/mol. The number of thioether (sulfide) groups is 1. The number of carbonyl (C=O) groups is 2. The van der Waals surface area contributed by atoms with Crippen LogP contribution in [0.1, 0.15) is 22.3 Å². The van der Waals surface area contributed by atoms with Crippen molar-refractivity contribution in [3.05, 3.63) is 64.7 Å². The summed E-state index contributed by atoms with van der Waals surface area (Å²) in [5.74, 6) is -0.0923. The van der Waals surface area contributed by atoms with Crippen LogP contribution >= 0.6 is 11.8 Å². The maximum absolute atomic E-state index is 12.9. The van der Waals surface area contributed by atoms with Crippen LogP contribution in [0.2, 0.25) is 0 Å². The summed E-state index contributed by atoms with van der Waals surface area (Å²) in [4.78, 5) is 27.9. The molecule has 0 aliphatic carbocycles. The predicted octanol–water partition coefficient (Wildman–Crippen LogP) is 3.52. The zero-order valence-corrected chi connectivity index (χ0v) is 16.1. The number of methoxy groups -OCH3 is 1. The average molecular weight is 369 g/mol. The van der Waals surface area contributed by atoms with Gasteiger partial charge in [-0.2, -0.15) is 0 Å². The van der Waals surface area contributed by atoms with Gasteiger partial charge in [0, 0.05) is 17.9 Å². The Morgan fingerprint density at radius 3 is 2.62 bits per heavy atom. The van der Waals surface area contributed by atoms with Crippen molar-refractivity contribution < 1.29 is 14.3 Å². The number of rotatable bonds is 4. The molecule has 5 heteroatoms. The van der Waals surface area contributed by atoms with Crippen molar-refractivity contribution in [1.82, 2.24) is 4.90 Å². The molecule has 0 unspecified atom stereocenters. The summed E-state index contributed by atoms with van der Waals surface area (Å²) in [6, 6.07) is 13.6. The van der Waals surface area contributed by atoms with Gasteiger partial charge in [0.2, 0.25) is 5.91 Å². The summed E-state index contributed by atoms with van der Waals surface area (Å²) < 4.78 is 4.94. The number of aryl methyl sites for hydroxylation is 2. The van der Waals surface area contributed by atoms with Gasteiger partial charge in [0.1, 0.15) is 6.04 Å². The summed E-state index contributed by atoms with van der Waals surface area (Å²) >= 11 is 1.52. The molecule has 3 rings (SSSR count). The van der Waals surface area contributed by atoms with Crippen LogP contribution in [0.4, 0.5) is 0 Å². The van der Waals surface area contributed by atoms with Crippen LogP contribution in [0, 0.1) is 13.8 Å². The van der Waals surface area contributed by atoms with E-state index in [0.717, 1.165) is 21.6 Å². The Hall–Kier alpha value is -2.27. The predicted molar refractivity (Wildman–Crippen MR) is 103 cm³/mol. The second-order valence-corrected chi connectivity index (χ2v) is 7.61. The van der Waals surface area contributed by atoms with Crippen molar-refractivity contribution in [2.24, 2.45) is 0 Å². The molecule has 0 fully saturated rings. The molecule has 136 valence electrons. The Bertz CT molecular complexity index is 834. The molecule has 1 aliphatic rings. The van der Waals surface area contributed by atoms with Gasteiger partial charge in [-0.1, -0.05) is 42.0 Å². The van der Waals surface area contributed by atoms with Crippen LogP contribution in [0.3, 0.4) is 0 Å². The summed E-state index contributed by atoms with van der Waals surface area (Å²) in [5.41, 5.74) is 4.53. The van der Waals surface area contributed by atoms with Crippen molar-refractivity contribution in [3.8, 4) is 0 Å². The molecule has 0 saturated heterocycles. The molecule has 0 N–H and O–H groups in total. The molecule has 1 heterocycles. The minimum atomic E-state index is -0.554. The lowest BCUT2D eigenvalue weighted by atomic mass is 9.94. The van der Waals surface area contributed by atoms with E-state index < -0.39 is 6.04 Å². The number of ether oxygens (including phenoxy) is 1. The second kappa shape index (κ2) is 7.96. The number of benzene rings is 2. The van der Waals surface area contributed by atoms with Crippen LogP contribution in [0.25, 0.3) is 0 Å². The molecule has 2 aromatic rings. The number of hydrogen-bond acceptors (Lipinski definition) is 4. The molecule has 1 aliphatic heterocycles. The highest BCUT2D eigenvalue weighted by Gasteiger charge is 2.35. The molecule has 0 aromatic heterocycles. The average Bonchev–Trinajstić information content (AvgIpc) is 2.66. The Labute approximate surface area is 158 Å². The van der Waals surface area contributed by atoms with Crippen molar-refractivity contribution in [2.75, 3.05) is 12.9 Å². The van der Waals surface area contributed by atoms with E-state index in [2.05, 4.69) is 18.2 Å². The zero-order chi connectivity index (χ0) is 18.7. The smallest absolute Gasteiger partial charge is 0.328 e. The third-order valence-electron chi connectivity index (χ3n) is 4.74. The van der Waals surface area contributed by atoms with Gasteiger partial charge < -0.3 is 9.64 Å². The van der Waals surface area contributed by atoms with Gasteiger partial charge in [-0.05, 0) is 36.6 Å². The first kappa shape index (κ1) is 18.5. The molecule has 4 nitrogen and oxygen atoms in total. The molecule has 2 aromatic carbocycles. The fourth-order valence-corrected chi connectivity index (χ4v) is 4.23. The summed E-state index contributed by atoms with van der Waals surface area (Å²) in [7, 11) is 1.37. The standard InChI is InChI=1S/C21H23NO3S/c1-14-8-9-15(2)19(10-14)26-13-20(23)22-12-17-7-5-4-6-16(17)11-18(22)21(24)25-3/h4-10,18H,11-13H2,1-3H3/t18-/m1/s1. The van der Waals surface area contributed by atoms with Crippen molar-refractivity contribution in [3.63, 3.8) is 0 Å². The maximum atomic E-state index is 12.9. The number of esters is 1. The minimum Gasteiger partial charge on any atom is -0.467 e. The van der Waals surface area contributed by atoms with Crippen LogP contribution in [-0.2, 0) is 27.3 Å². The Morgan fingerprint density at radius 1 is 1.15 bits per heavy atom. The monoisotopic (exact) mass is 369 g/mol. The molecule has 0 radical (unpaired) electrons. The first-order chi connectivity index (χ1) is 12.5. The lowest BCUT2D eigenvalue weighted by molar-refractivity contribution is -0.153. The number of hydrogen-bond donors (Lipinski definition) is 0. The van der Waals surface area contributed by atoms with E-state index in [1.165, 1.54) is 24.4 Å². The van der Waals surface area contributed by atoms with E-state index >= 15 is 0 Å². The van der Waals surface area contributed by atoms with Crippen molar-refractivity contribution in [2.45, 2.75) is 37.8 Å². The quantitative estimate of drug-likeness (QED) is 0.611. The second-order valence-electron chi connectivity index (χ2n) is 6.59. The first-order valence-corrected chi connectivity index (χ1v) is 9.62. The summed E-state index contributed by atoms with van der Waals surface area (Å²) in [5, 5.41) is 0. The third-order valence-corrected chi connectivity index (χ3v) is 5.88. The molecular formula is C21H23NO3S. The largest absolute Gasteiger partial charge is 0.467 e. The van der Waals surface area contributed by atoms with E-state index in [0.29, 0.717) is 18.7 Å². The van der Waals surface area contributed by atoms with Gasteiger partial charge in [-0.15, -0.1) is 11.8 Å². The lowest BCUT2D eigenvalue weighted by Gasteiger charge is -2.35. The van der Waals surface area contributed by atoms with Gasteiger partial charge in [0.25, 0.3) is 0 Å². The molecule has 1 amide bonds. The number of fused-ring (bicyclic) bond motifs is 1. The normalized spacial score (nSPS) is 16.1. The van der Waals surface area contributed by atoms with Gasteiger partial charge in [0.05, 0.1) is 12.9 Å². The van der Waals surface area contributed by atoms with Crippen LogP contribution in [-0.4, -0.2) is 35.7 Å². The summed E-state index contributed by atoms with van der Waals surface area (Å²) in [6.45, 7) is 4.53. The van der Waals surface area contributed by atoms with Crippen LogP contribution < -0.4 is 0 Å². The molecule has 0 saturated carbocycles. The molecule has 0 spiro atoms. The highest BCUT2D eigenvalue weighted by Crippen LogP contribution is 2.27. The van der Waals surface area contributed by atoms with Gasteiger partial charge in [-0.3, -0.25) is 4.79 Å². The maximum Gasteiger partial charge on any atom is 0.328 e. The Balaban J connectivity index is 1.77. The molecule has 1 atom stereocenters. The van der Waals surface area contributed by atoms with E-state index in [9.17, 15) is 9.59 Å². The first-order valence-electron chi connectivity index (χ1n) is 8.63. The zero-order valence-electron chi connectivity index (χ0n) is 15.3. The van der Waals surface area contributed by atoms with E-state index in [-0.39, 0.29) is 11.9 Å². The number of carbonyl (C=O) groups excluding carboxylic acids is 2. The Morgan fingerprint density at radius 2 is 1.88 bits per heavy atom. The SMILES string of the molecule is COC(=O)[C@H]1Cc2ccccc2CN1C(=O)CSc1cc(C)ccc1C. The summed E-state index contributed by atoms with van der Waals surface area (Å²) in [6.07, 6.45) is 0.503. The lowest BCUT2D eigenvalue weighted by Crippen LogP contribution is -2.49. The van der Waals surface area contributed by atoms with E-state index in [4.69, 9.17) is 4.74 Å². The Kier molecular flexibility index (Phi) is 5.67. The van der Waals surface area contributed by atoms with Crippen molar-refractivity contribution in [1.29, 1.82) is 0 Å². The fraction of sp³-hybridized carbons (Fsp3) is 0.333. The van der Waals surface area contributed by atoms with Crippen LogP contribution in [0.15, 0.2) is 47.4 Å². The van der Waals surface area contributed by atoms with E-state index in [1.807, 2.05) is 38.1 Å². The third kappa shape index (κ3) is 3.93. The van der Waals surface area contributed by atoms with Gasteiger partial charge in [-0.25, -0.2) is 4.79 Å². The van der Waals surface area contributed by atoms with Gasteiger partial charge in [0.15, 0.2) is 0 Å². The minimum absolute atomic E-state index is 0.0409. The van der Waals surface area contributed by atoms with Crippen LogP contribution in [0.5, 0.6) is 0 Å². The highest BCUT2D eigenvalue weighted by molar-refractivity contribution is 8.00. The molecule has 26 heavy (non-hydrogen) atoms. The fourth-order valence-electron chi connectivity index (χ4n) is 3.22. The van der Waals surface area contributed by atoms with Gasteiger partial charge >= 0.3 is 5.97 Å². The number of amides is 1. The highest BCUT2D eigenvalue weighted by atomic mass is 32.2. The van der Waals surface area contributed by atoms with E-state index in [1.54, 1.807) is 4.90 Å². The molecule has 0 bridgehead atoms.